The summed E-state index contributed by atoms with van der Waals surface area (Å²) in [6.45, 7) is 11.4. The Morgan fingerprint density at radius 2 is 1.79 bits per heavy atom. The first-order valence-corrected chi connectivity index (χ1v) is 10.1. The monoisotopic (exact) mass is 329 g/mol. The molecule has 4 aliphatic rings. The molecule has 2 heteroatoms. The molecule has 0 aromatic heterocycles. The van der Waals surface area contributed by atoms with Crippen molar-refractivity contribution in [3.63, 3.8) is 0 Å². The fourth-order valence-electron chi connectivity index (χ4n) is 6.43. The van der Waals surface area contributed by atoms with Gasteiger partial charge in [-0.25, -0.2) is 0 Å². The van der Waals surface area contributed by atoms with Crippen molar-refractivity contribution in [1.29, 1.82) is 0 Å². The summed E-state index contributed by atoms with van der Waals surface area (Å²) in [5, 5.41) is 12.6. The Hall–Kier alpha value is -1.05. The first-order chi connectivity index (χ1) is 11.5. The molecule has 2 fully saturated rings. The molecule has 1 N–H and O–H groups in total. The summed E-state index contributed by atoms with van der Waals surface area (Å²) in [5.41, 5.74) is 4.95. The van der Waals surface area contributed by atoms with Crippen LogP contribution in [-0.4, -0.2) is 10.9 Å². The third-order valence-corrected chi connectivity index (χ3v) is 8.07. The van der Waals surface area contributed by atoms with E-state index in [1.165, 1.54) is 38.5 Å². The van der Waals surface area contributed by atoms with E-state index >= 15 is 0 Å². The van der Waals surface area contributed by atoms with E-state index in [2.05, 4.69) is 38.1 Å². The molecule has 0 saturated heterocycles. The van der Waals surface area contributed by atoms with Gasteiger partial charge in [0.1, 0.15) is 0 Å². The van der Waals surface area contributed by atoms with E-state index in [9.17, 15) is 0 Å². The van der Waals surface area contributed by atoms with Gasteiger partial charge in [-0.3, -0.25) is 0 Å². The van der Waals surface area contributed by atoms with Crippen molar-refractivity contribution in [2.45, 2.75) is 79.6 Å². The lowest BCUT2D eigenvalue weighted by Crippen LogP contribution is -2.49. The molecule has 0 spiro atoms. The standard InChI is InChI=1S/C20H29NO.C2H6/c1-13-4-7-17-16-6-5-14-12-15(21-22)8-10-20(14,3)18(16)9-11-19(13,17)2;1-2/h4,12,16-18,22H,5-11H2,1-3H3;1-2H3/b21-15+;. The minimum atomic E-state index is 0.356. The topological polar surface area (TPSA) is 32.6 Å². The molecule has 4 aliphatic carbocycles. The van der Waals surface area contributed by atoms with E-state index in [-0.39, 0.29) is 0 Å². The van der Waals surface area contributed by atoms with Gasteiger partial charge < -0.3 is 5.21 Å². The van der Waals surface area contributed by atoms with Gasteiger partial charge >= 0.3 is 0 Å². The van der Waals surface area contributed by atoms with Crippen LogP contribution in [0.15, 0.2) is 28.5 Å². The predicted molar refractivity (Wildman–Crippen MR) is 101 cm³/mol. The summed E-state index contributed by atoms with van der Waals surface area (Å²) in [5.74, 6) is 2.60. The molecule has 5 atom stereocenters. The second-order valence-corrected chi connectivity index (χ2v) is 8.67. The van der Waals surface area contributed by atoms with Crippen LogP contribution in [0.5, 0.6) is 0 Å². The molecule has 0 radical (unpaired) electrons. The third-order valence-electron chi connectivity index (χ3n) is 8.07. The Kier molecular flexibility index (Phi) is 4.70. The molecule has 0 aromatic carbocycles. The molecule has 2 nitrogen and oxygen atoms in total. The lowest BCUT2D eigenvalue weighted by molar-refractivity contribution is -0.0256. The summed E-state index contributed by atoms with van der Waals surface area (Å²) in [6, 6.07) is 0. The first-order valence-electron chi connectivity index (χ1n) is 10.1. The van der Waals surface area contributed by atoms with Crippen molar-refractivity contribution in [3.05, 3.63) is 23.3 Å². The molecule has 134 valence electrons. The number of nitrogens with zero attached hydrogens (tertiary/aromatic N) is 1. The first kappa shape index (κ1) is 17.8. The molecular weight excluding hydrogens is 294 g/mol. The number of hydrogen-bond donors (Lipinski definition) is 1. The smallest absolute Gasteiger partial charge is 0.0795 e. The van der Waals surface area contributed by atoms with Gasteiger partial charge in [0, 0.05) is 0 Å². The van der Waals surface area contributed by atoms with Gasteiger partial charge in [-0.2, -0.15) is 0 Å². The lowest BCUT2D eigenvalue weighted by atomic mass is 9.47. The number of hydrogen-bond acceptors (Lipinski definition) is 2. The van der Waals surface area contributed by atoms with Crippen LogP contribution in [-0.2, 0) is 0 Å². The number of rotatable bonds is 0. The zero-order valence-corrected chi connectivity index (χ0v) is 16.2. The van der Waals surface area contributed by atoms with Crippen LogP contribution >= 0.6 is 0 Å². The molecule has 4 rings (SSSR count). The average molecular weight is 330 g/mol. The van der Waals surface area contributed by atoms with Crippen LogP contribution in [0.4, 0.5) is 0 Å². The van der Waals surface area contributed by atoms with Crippen molar-refractivity contribution < 1.29 is 5.21 Å². The largest absolute Gasteiger partial charge is 0.411 e. The fourth-order valence-corrected chi connectivity index (χ4v) is 6.43. The van der Waals surface area contributed by atoms with Crippen LogP contribution in [0.25, 0.3) is 0 Å². The minimum absolute atomic E-state index is 0.356. The maximum Gasteiger partial charge on any atom is 0.0795 e. The van der Waals surface area contributed by atoms with Gasteiger partial charge in [-0.1, -0.05) is 50.1 Å². The van der Waals surface area contributed by atoms with E-state index in [1.54, 1.807) is 11.1 Å². The van der Waals surface area contributed by atoms with E-state index in [0.717, 1.165) is 29.9 Å². The maximum atomic E-state index is 9.12. The number of oxime groups is 1. The van der Waals surface area contributed by atoms with Crippen LogP contribution < -0.4 is 0 Å². The van der Waals surface area contributed by atoms with Gasteiger partial charge in [-0.15, -0.1) is 0 Å². The van der Waals surface area contributed by atoms with E-state index in [1.807, 2.05) is 13.8 Å². The quantitative estimate of drug-likeness (QED) is 0.313. The van der Waals surface area contributed by atoms with Crippen molar-refractivity contribution >= 4 is 5.71 Å². The second-order valence-electron chi connectivity index (χ2n) is 8.67. The highest BCUT2D eigenvalue weighted by atomic mass is 16.4. The molecule has 0 heterocycles. The summed E-state index contributed by atoms with van der Waals surface area (Å²) in [4.78, 5) is 0. The summed E-state index contributed by atoms with van der Waals surface area (Å²) in [7, 11) is 0. The molecule has 0 bridgehead atoms. The Morgan fingerprint density at radius 3 is 2.50 bits per heavy atom. The normalized spacial score (nSPS) is 45.2. The lowest BCUT2D eigenvalue weighted by Gasteiger charge is -2.58. The highest BCUT2D eigenvalue weighted by Gasteiger charge is 2.56. The zero-order valence-electron chi connectivity index (χ0n) is 16.2. The van der Waals surface area contributed by atoms with Crippen LogP contribution in [0.3, 0.4) is 0 Å². The second kappa shape index (κ2) is 6.35. The highest BCUT2D eigenvalue weighted by Crippen LogP contribution is 2.65. The molecule has 5 unspecified atom stereocenters. The maximum absolute atomic E-state index is 9.12. The Balaban J connectivity index is 0.000000815. The Bertz CT molecular complexity index is 587. The highest BCUT2D eigenvalue weighted by molar-refractivity contribution is 5.96. The molecule has 0 aromatic rings. The summed E-state index contributed by atoms with van der Waals surface area (Å²) < 4.78 is 0. The van der Waals surface area contributed by atoms with E-state index in [0.29, 0.717) is 10.8 Å². The fraction of sp³-hybridized carbons (Fsp3) is 0.773. The molecule has 0 amide bonds. The number of allylic oxidation sites excluding steroid dienone is 4. The van der Waals surface area contributed by atoms with Gasteiger partial charge in [0.2, 0.25) is 0 Å². The van der Waals surface area contributed by atoms with E-state index < -0.39 is 0 Å². The van der Waals surface area contributed by atoms with E-state index in [4.69, 9.17) is 5.21 Å². The van der Waals surface area contributed by atoms with Crippen molar-refractivity contribution in [2.24, 2.45) is 33.7 Å². The average Bonchev–Trinajstić information content (AvgIpc) is 2.91. The van der Waals surface area contributed by atoms with Crippen molar-refractivity contribution in [2.75, 3.05) is 0 Å². The van der Waals surface area contributed by atoms with Crippen LogP contribution in [0.2, 0.25) is 0 Å². The van der Waals surface area contributed by atoms with Crippen molar-refractivity contribution in [1.82, 2.24) is 0 Å². The number of fused-ring (bicyclic) bond motifs is 5. The van der Waals surface area contributed by atoms with Gasteiger partial charge in [0.15, 0.2) is 0 Å². The Labute approximate surface area is 148 Å². The summed E-state index contributed by atoms with van der Waals surface area (Å²) in [6.07, 6.45) is 13.5. The molecule has 24 heavy (non-hydrogen) atoms. The molecular formula is C22H35NO. The predicted octanol–water partition coefficient (Wildman–Crippen LogP) is 6.36. The third kappa shape index (κ3) is 2.40. The van der Waals surface area contributed by atoms with Crippen LogP contribution in [0.1, 0.15) is 79.6 Å². The zero-order chi connectivity index (χ0) is 17.5. The van der Waals surface area contributed by atoms with Gasteiger partial charge in [0.25, 0.3) is 0 Å². The van der Waals surface area contributed by atoms with Crippen molar-refractivity contribution in [3.8, 4) is 0 Å². The summed E-state index contributed by atoms with van der Waals surface area (Å²) >= 11 is 0. The molecule has 0 aliphatic heterocycles. The van der Waals surface area contributed by atoms with Gasteiger partial charge in [0.05, 0.1) is 5.71 Å². The Morgan fingerprint density at radius 1 is 1.04 bits per heavy atom. The molecule has 2 saturated carbocycles. The van der Waals surface area contributed by atoms with Gasteiger partial charge in [-0.05, 0) is 86.5 Å². The minimum Gasteiger partial charge on any atom is -0.411 e. The van der Waals surface area contributed by atoms with Crippen LogP contribution in [0, 0.1) is 28.6 Å². The SMILES string of the molecule is CC.CC1=CCC2C3CCC4=C/C(=N/O)CCC4(C)C3CCC12C.